The summed E-state index contributed by atoms with van der Waals surface area (Å²) in [5.41, 5.74) is -0.140. The van der Waals surface area contributed by atoms with Gasteiger partial charge >= 0.3 is 0 Å². The highest BCUT2D eigenvalue weighted by molar-refractivity contribution is 8.13. The van der Waals surface area contributed by atoms with E-state index in [1.165, 1.54) is 18.2 Å². The summed E-state index contributed by atoms with van der Waals surface area (Å²) in [4.78, 5) is 10.0. The average Bonchev–Trinajstić information content (AvgIpc) is 2.34. The fourth-order valence-electron chi connectivity index (χ4n) is 1.19. The molecule has 0 saturated carbocycles. The van der Waals surface area contributed by atoms with Crippen LogP contribution >= 0.6 is 22.3 Å². The molecule has 1 rings (SSSR count). The molecule has 0 radical (unpaired) electrons. The van der Waals surface area contributed by atoms with Crippen LogP contribution < -0.4 is 4.74 Å². The largest absolute Gasteiger partial charge is 0.489 e. The number of hydrogen-bond acceptors (Lipinski definition) is 6. The van der Waals surface area contributed by atoms with E-state index in [1.807, 2.05) is 0 Å². The Labute approximate surface area is 125 Å². The van der Waals surface area contributed by atoms with E-state index in [2.05, 4.69) is 0 Å². The van der Waals surface area contributed by atoms with Gasteiger partial charge in [0, 0.05) is 16.7 Å². The maximum atomic E-state index is 10.6. The molecule has 0 aliphatic rings. The number of non-ortho nitro benzene ring substituents is 1. The lowest BCUT2D eigenvalue weighted by molar-refractivity contribution is -0.384. The van der Waals surface area contributed by atoms with Crippen molar-refractivity contribution in [2.24, 2.45) is 0 Å². The van der Waals surface area contributed by atoms with Gasteiger partial charge in [-0.3, -0.25) is 10.1 Å². The molecule has 0 atom stereocenters. The molecule has 1 aromatic carbocycles. The van der Waals surface area contributed by atoms with Crippen molar-refractivity contribution < 1.29 is 22.8 Å². The van der Waals surface area contributed by atoms with Crippen LogP contribution in [0.25, 0.3) is 0 Å². The molecule has 7 nitrogen and oxygen atoms in total. The summed E-state index contributed by atoms with van der Waals surface area (Å²) in [6, 6.07) is 3.82. The van der Waals surface area contributed by atoms with E-state index in [9.17, 15) is 18.5 Å². The lowest BCUT2D eigenvalue weighted by Gasteiger charge is -2.08. The molecular formula is C10H11Cl2NO6S. The molecule has 112 valence electrons. The fraction of sp³-hybridized carbons (Fsp3) is 0.400. The number of benzene rings is 1. The van der Waals surface area contributed by atoms with Crippen molar-refractivity contribution in [3.8, 4) is 5.75 Å². The van der Waals surface area contributed by atoms with E-state index in [4.69, 9.17) is 31.8 Å². The number of ether oxygens (including phenoxy) is 2. The second kappa shape index (κ2) is 7.63. The number of nitro groups is 1. The van der Waals surface area contributed by atoms with Crippen molar-refractivity contribution in [3.63, 3.8) is 0 Å². The predicted octanol–water partition coefficient (Wildman–Crippen LogP) is 2.21. The highest BCUT2D eigenvalue weighted by Gasteiger charge is 2.10. The highest BCUT2D eigenvalue weighted by Crippen LogP contribution is 2.28. The molecule has 1 aromatic rings. The van der Waals surface area contributed by atoms with E-state index in [0.29, 0.717) is 0 Å². The van der Waals surface area contributed by atoms with Gasteiger partial charge in [0.05, 0.1) is 35.0 Å². The Morgan fingerprint density at radius 3 is 2.55 bits per heavy atom. The van der Waals surface area contributed by atoms with Crippen LogP contribution in [0.1, 0.15) is 0 Å². The van der Waals surface area contributed by atoms with E-state index in [1.54, 1.807) is 0 Å². The van der Waals surface area contributed by atoms with Gasteiger partial charge < -0.3 is 9.47 Å². The Bertz CT molecular complexity index is 577. The lowest BCUT2D eigenvalue weighted by atomic mass is 10.3. The van der Waals surface area contributed by atoms with E-state index in [0.717, 1.165) is 0 Å². The normalized spacial score (nSPS) is 11.3. The molecule has 0 N–H and O–H groups in total. The Morgan fingerprint density at radius 2 is 1.95 bits per heavy atom. The van der Waals surface area contributed by atoms with Crippen LogP contribution in [0.15, 0.2) is 18.2 Å². The Hall–Kier alpha value is -1.09. The van der Waals surface area contributed by atoms with Gasteiger partial charge in [-0.1, -0.05) is 11.6 Å². The molecule has 0 aliphatic carbocycles. The highest BCUT2D eigenvalue weighted by atomic mass is 35.7. The first-order valence-corrected chi connectivity index (χ1v) is 8.22. The number of nitro benzene ring substituents is 1. The van der Waals surface area contributed by atoms with Gasteiger partial charge in [0.1, 0.15) is 12.4 Å². The lowest BCUT2D eigenvalue weighted by Crippen LogP contribution is -2.12. The smallest absolute Gasteiger partial charge is 0.273 e. The number of nitrogens with zero attached hydrogens (tertiary/aromatic N) is 1. The molecule has 0 amide bonds. The van der Waals surface area contributed by atoms with E-state index in [-0.39, 0.29) is 42.0 Å². The van der Waals surface area contributed by atoms with Gasteiger partial charge in [-0.2, -0.15) is 0 Å². The summed E-state index contributed by atoms with van der Waals surface area (Å²) in [5.74, 6) is -0.138. The first-order chi connectivity index (χ1) is 9.29. The van der Waals surface area contributed by atoms with Crippen LogP contribution in [0, 0.1) is 10.1 Å². The van der Waals surface area contributed by atoms with Gasteiger partial charge in [0.2, 0.25) is 9.05 Å². The van der Waals surface area contributed by atoms with Crippen LogP contribution in [0.4, 0.5) is 5.69 Å². The summed E-state index contributed by atoms with van der Waals surface area (Å²) in [6.45, 7) is 0.118. The van der Waals surface area contributed by atoms with E-state index >= 15 is 0 Å². The van der Waals surface area contributed by atoms with Crippen molar-refractivity contribution in [1.82, 2.24) is 0 Å². The predicted molar refractivity (Wildman–Crippen MR) is 74.1 cm³/mol. The molecule has 0 fully saturated rings. The zero-order valence-electron chi connectivity index (χ0n) is 10.1. The molecule has 10 heteroatoms. The second-order valence-electron chi connectivity index (χ2n) is 3.58. The minimum absolute atomic E-state index is 0.0577. The van der Waals surface area contributed by atoms with Gasteiger partial charge in [0.15, 0.2) is 0 Å². The topological polar surface area (TPSA) is 95.7 Å². The first-order valence-electron chi connectivity index (χ1n) is 5.36. The summed E-state index contributed by atoms with van der Waals surface area (Å²) in [5, 5.41) is 10.8. The number of hydrogen-bond donors (Lipinski definition) is 0. The average molecular weight is 344 g/mol. The molecule has 0 spiro atoms. The van der Waals surface area contributed by atoms with Gasteiger partial charge in [-0.05, 0) is 6.07 Å². The third-order valence-electron chi connectivity index (χ3n) is 2.08. The molecule has 0 saturated heterocycles. The number of halogens is 2. The Morgan fingerprint density at radius 1 is 1.25 bits per heavy atom. The number of rotatable bonds is 8. The molecule has 0 aliphatic heterocycles. The molecule has 0 aromatic heterocycles. The quantitative estimate of drug-likeness (QED) is 0.310. The SMILES string of the molecule is O=[N+]([O-])c1ccc(Cl)c(OCCOCCS(=O)(=O)Cl)c1. The van der Waals surface area contributed by atoms with Gasteiger partial charge in [-0.15, -0.1) is 0 Å². The van der Waals surface area contributed by atoms with Crippen LogP contribution in [0.5, 0.6) is 5.75 Å². The van der Waals surface area contributed by atoms with Crippen LogP contribution in [-0.2, 0) is 13.8 Å². The summed E-state index contributed by atoms with van der Waals surface area (Å²) < 4.78 is 31.4. The maximum Gasteiger partial charge on any atom is 0.273 e. The fourth-order valence-corrected chi connectivity index (χ4v) is 1.87. The molecule has 20 heavy (non-hydrogen) atoms. The van der Waals surface area contributed by atoms with Gasteiger partial charge in [-0.25, -0.2) is 8.42 Å². The van der Waals surface area contributed by atoms with E-state index < -0.39 is 14.0 Å². The standard InChI is InChI=1S/C10H11Cl2NO6S/c11-9-2-1-8(13(14)15)7-10(9)19-4-3-18-5-6-20(12,16)17/h1-2,7H,3-6H2. The minimum atomic E-state index is -3.58. The minimum Gasteiger partial charge on any atom is -0.489 e. The molecule has 0 bridgehead atoms. The van der Waals surface area contributed by atoms with Crippen molar-refractivity contribution in [1.29, 1.82) is 0 Å². The third-order valence-corrected chi connectivity index (χ3v) is 3.51. The zero-order valence-corrected chi connectivity index (χ0v) is 12.4. The summed E-state index contributed by atoms with van der Waals surface area (Å²) >= 11 is 5.82. The maximum absolute atomic E-state index is 10.6. The summed E-state index contributed by atoms with van der Waals surface area (Å²) in [6.07, 6.45) is 0. The Kier molecular flexibility index (Phi) is 6.47. The third kappa shape index (κ3) is 6.38. The van der Waals surface area contributed by atoms with Crippen LogP contribution in [0.2, 0.25) is 5.02 Å². The van der Waals surface area contributed by atoms with Crippen molar-refractivity contribution >= 4 is 37.0 Å². The van der Waals surface area contributed by atoms with Crippen LogP contribution in [0.3, 0.4) is 0 Å². The van der Waals surface area contributed by atoms with Crippen molar-refractivity contribution in [2.75, 3.05) is 25.6 Å². The van der Waals surface area contributed by atoms with Crippen molar-refractivity contribution in [3.05, 3.63) is 33.3 Å². The first kappa shape index (κ1) is 17.0. The van der Waals surface area contributed by atoms with Crippen LogP contribution in [-0.4, -0.2) is 38.9 Å². The monoisotopic (exact) mass is 343 g/mol. The summed E-state index contributed by atoms with van der Waals surface area (Å²) in [7, 11) is 1.41. The molecule has 0 heterocycles. The van der Waals surface area contributed by atoms with Gasteiger partial charge in [0.25, 0.3) is 5.69 Å². The molecule has 0 unspecified atom stereocenters. The van der Waals surface area contributed by atoms with Crippen molar-refractivity contribution in [2.45, 2.75) is 0 Å². The molecular weight excluding hydrogens is 333 g/mol. The second-order valence-corrected chi connectivity index (χ2v) is 6.88. The Balaban J connectivity index is 2.38. The zero-order chi connectivity index (χ0) is 15.2.